The van der Waals surface area contributed by atoms with Gasteiger partial charge in [0.25, 0.3) is 0 Å². The van der Waals surface area contributed by atoms with Crippen molar-refractivity contribution in [3.05, 3.63) is 54.7 Å². The van der Waals surface area contributed by atoms with Crippen LogP contribution in [0.5, 0.6) is 0 Å². The van der Waals surface area contributed by atoms with E-state index >= 15 is 0 Å². The minimum absolute atomic E-state index is 0.146. The lowest BCUT2D eigenvalue weighted by atomic mass is 10.0. The Morgan fingerprint density at radius 1 is 1.13 bits per heavy atom. The lowest BCUT2D eigenvalue weighted by Gasteiger charge is -2.09. The number of hydrogen-bond acceptors (Lipinski definition) is 6. The minimum Gasteiger partial charge on any atom is -0.322 e. The number of aryl methyl sites for hydroxylation is 2. The predicted octanol–water partition coefficient (Wildman–Crippen LogP) is 3.26. The van der Waals surface area contributed by atoms with E-state index in [2.05, 4.69) is 51.7 Å². The van der Waals surface area contributed by atoms with Crippen LogP contribution in [0.2, 0.25) is 0 Å². The molecular weight excluding hydrogens is 412 g/mol. The molecule has 0 unspecified atom stereocenters. The second-order valence-electron chi connectivity index (χ2n) is 7.53. The van der Waals surface area contributed by atoms with Gasteiger partial charge in [0.1, 0.15) is 12.0 Å². The number of anilines is 1. The number of nitrogens with zero attached hydrogens (tertiary/aromatic N) is 7. The molecule has 0 aliphatic carbocycles. The molecule has 3 heterocycles. The number of rotatable bonds is 7. The minimum atomic E-state index is -0.146. The molecule has 1 amide bonds. The maximum atomic E-state index is 12.6. The number of amides is 1. The number of thioether (sulfide) groups is 1. The van der Waals surface area contributed by atoms with Crippen LogP contribution >= 0.6 is 11.8 Å². The van der Waals surface area contributed by atoms with Crippen LogP contribution in [0.3, 0.4) is 0 Å². The van der Waals surface area contributed by atoms with Gasteiger partial charge in [0, 0.05) is 37.7 Å². The van der Waals surface area contributed by atoms with Gasteiger partial charge in [0.15, 0.2) is 5.16 Å². The summed E-state index contributed by atoms with van der Waals surface area (Å²) >= 11 is 1.33. The van der Waals surface area contributed by atoms with E-state index in [1.165, 1.54) is 17.3 Å². The summed E-state index contributed by atoms with van der Waals surface area (Å²) in [6.07, 6.45) is 7.02. The van der Waals surface area contributed by atoms with Crippen molar-refractivity contribution in [2.75, 3.05) is 11.1 Å². The van der Waals surface area contributed by atoms with Crippen molar-refractivity contribution in [1.82, 2.24) is 34.3 Å². The fourth-order valence-electron chi connectivity index (χ4n) is 3.17. The molecule has 0 saturated carbocycles. The highest BCUT2D eigenvalue weighted by Gasteiger charge is 2.16. The fourth-order valence-corrected chi connectivity index (χ4v) is 3.90. The van der Waals surface area contributed by atoms with Crippen LogP contribution in [-0.4, -0.2) is 46.0 Å². The molecule has 0 saturated heterocycles. The number of benzene rings is 1. The average Bonchev–Trinajstić information content (AvgIpc) is 3.46. The third kappa shape index (κ3) is 4.69. The van der Waals surface area contributed by atoms with E-state index in [4.69, 9.17) is 0 Å². The molecule has 4 aromatic rings. The van der Waals surface area contributed by atoms with Gasteiger partial charge in [-0.2, -0.15) is 10.2 Å². The zero-order chi connectivity index (χ0) is 22.0. The van der Waals surface area contributed by atoms with Gasteiger partial charge in [-0.15, -0.1) is 10.2 Å². The molecule has 0 radical (unpaired) electrons. The molecular formula is C21H24N8OS. The standard InChI is InChI=1S/C21H24N8OS/c1-14(2)15-5-7-17(8-6-15)29-13-22-25-21(29)31-12-19(30)24-18-11-28(4)26-20(18)16-9-23-27(3)10-16/h5-11,13-14H,12H2,1-4H3,(H,24,30). The molecule has 1 N–H and O–H groups in total. The van der Waals surface area contributed by atoms with E-state index < -0.39 is 0 Å². The van der Waals surface area contributed by atoms with E-state index in [1.807, 2.05) is 37.0 Å². The van der Waals surface area contributed by atoms with Crippen LogP contribution in [0.4, 0.5) is 5.69 Å². The summed E-state index contributed by atoms with van der Waals surface area (Å²) in [4.78, 5) is 12.6. The second kappa shape index (κ2) is 8.76. The van der Waals surface area contributed by atoms with Crippen molar-refractivity contribution < 1.29 is 4.79 Å². The number of aromatic nitrogens is 7. The van der Waals surface area contributed by atoms with Crippen LogP contribution in [0, 0.1) is 0 Å². The molecule has 4 rings (SSSR count). The molecule has 0 aliphatic rings. The molecule has 9 nitrogen and oxygen atoms in total. The zero-order valence-electron chi connectivity index (χ0n) is 17.9. The van der Waals surface area contributed by atoms with Crippen molar-refractivity contribution >= 4 is 23.4 Å². The van der Waals surface area contributed by atoms with Gasteiger partial charge >= 0.3 is 0 Å². The second-order valence-corrected chi connectivity index (χ2v) is 8.48. The Balaban J connectivity index is 1.43. The molecule has 0 spiro atoms. The van der Waals surface area contributed by atoms with Gasteiger partial charge in [0.05, 0.1) is 17.6 Å². The molecule has 0 bridgehead atoms. The Morgan fingerprint density at radius 2 is 1.90 bits per heavy atom. The lowest BCUT2D eigenvalue weighted by Crippen LogP contribution is -2.14. The maximum Gasteiger partial charge on any atom is 0.234 e. The number of hydrogen-bond donors (Lipinski definition) is 1. The Hall–Kier alpha value is -3.40. The normalized spacial score (nSPS) is 11.3. The number of carbonyl (C=O) groups is 1. The van der Waals surface area contributed by atoms with E-state index in [0.29, 0.717) is 22.5 Å². The third-order valence-corrected chi connectivity index (χ3v) is 5.71. The smallest absolute Gasteiger partial charge is 0.234 e. The van der Waals surface area contributed by atoms with Gasteiger partial charge < -0.3 is 5.32 Å². The zero-order valence-corrected chi connectivity index (χ0v) is 18.7. The van der Waals surface area contributed by atoms with Gasteiger partial charge in [-0.1, -0.05) is 37.7 Å². The molecule has 0 aliphatic heterocycles. The summed E-state index contributed by atoms with van der Waals surface area (Å²) in [5.74, 6) is 0.522. The molecule has 0 fully saturated rings. The molecule has 160 valence electrons. The summed E-state index contributed by atoms with van der Waals surface area (Å²) in [6, 6.07) is 8.28. The molecule has 31 heavy (non-hydrogen) atoms. The Kier molecular flexibility index (Phi) is 5.90. The first kappa shape index (κ1) is 20.9. The summed E-state index contributed by atoms with van der Waals surface area (Å²) in [7, 11) is 3.66. The number of nitrogens with one attached hydrogen (secondary N) is 1. The van der Waals surface area contributed by atoms with Crippen molar-refractivity contribution in [2.45, 2.75) is 24.9 Å². The first-order valence-corrected chi connectivity index (χ1v) is 10.8. The topological polar surface area (TPSA) is 95.5 Å². The van der Waals surface area contributed by atoms with Crippen molar-refractivity contribution in [3.63, 3.8) is 0 Å². The fraction of sp³-hybridized carbons (Fsp3) is 0.286. The van der Waals surface area contributed by atoms with Gasteiger partial charge in [-0.3, -0.25) is 18.7 Å². The highest BCUT2D eigenvalue weighted by Crippen LogP contribution is 2.26. The summed E-state index contributed by atoms with van der Waals surface area (Å²) < 4.78 is 5.25. The van der Waals surface area contributed by atoms with E-state index in [0.717, 1.165) is 11.3 Å². The van der Waals surface area contributed by atoms with Crippen LogP contribution in [-0.2, 0) is 18.9 Å². The Bertz CT molecular complexity index is 1190. The van der Waals surface area contributed by atoms with E-state index in [1.54, 1.807) is 28.1 Å². The predicted molar refractivity (Wildman–Crippen MR) is 120 cm³/mol. The molecule has 3 aromatic heterocycles. The van der Waals surface area contributed by atoms with Crippen LogP contribution in [0.25, 0.3) is 16.9 Å². The van der Waals surface area contributed by atoms with E-state index in [-0.39, 0.29) is 11.7 Å². The van der Waals surface area contributed by atoms with Crippen LogP contribution in [0.1, 0.15) is 25.3 Å². The van der Waals surface area contributed by atoms with Crippen molar-refractivity contribution in [3.8, 4) is 16.9 Å². The highest BCUT2D eigenvalue weighted by atomic mass is 32.2. The quantitative estimate of drug-likeness (QED) is 0.447. The average molecular weight is 437 g/mol. The van der Waals surface area contributed by atoms with Gasteiger partial charge in [-0.25, -0.2) is 0 Å². The first-order chi connectivity index (χ1) is 14.9. The SMILES string of the molecule is CC(C)c1ccc(-n2cnnc2SCC(=O)Nc2cn(C)nc2-c2cnn(C)c2)cc1. The highest BCUT2D eigenvalue weighted by molar-refractivity contribution is 7.99. The maximum absolute atomic E-state index is 12.6. The monoisotopic (exact) mass is 436 g/mol. The van der Waals surface area contributed by atoms with Crippen molar-refractivity contribution in [1.29, 1.82) is 0 Å². The number of carbonyl (C=O) groups excluding carboxylic acids is 1. The first-order valence-electron chi connectivity index (χ1n) is 9.86. The lowest BCUT2D eigenvalue weighted by molar-refractivity contribution is -0.113. The van der Waals surface area contributed by atoms with Crippen LogP contribution in [0.15, 0.2) is 54.3 Å². The van der Waals surface area contributed by atoms with E-state index in [9.17, 15) is 4.79 Å². The molecule has 1 aromatic carbocycles. The Labute approximate surface area is 184 Å². The van der Waals surface area contributed by atoms with Gasteiger partial charge in [-0.05, 0) is 23.6 Å². The summed E-state index contributed by atoms with van der Waals surface area (Å²) in [5, 5.41) is 20.4. The molecule has 10 heteroatoms. The van der Waals surface area contributed by atoms with Crippen LogP contribution < -0.4 is 5.32 Å². The largest absolute Gasteiger partial charge is 0.322 e. The molecule has 0 atom stereocenters. The van der Waals surface area contributed by atoms with Crippen molar-refractivity contribution in [2.24, 2.45) is 14.1 Å². The van der Waals surface area contributed by atoms with Gasteiger partial charge in [0.2, 0.25) is 5.91 Å². The Morgan fingerprint density at radius 3 is 2.58 bits per heavy atom. The summed E-state index contributed by atoms with van der Waals surface area (Å²) in [6.45, 7) is 4.32. The third-order valence-electron chi connectivity index (χ3n) is 4.77. The summed E-state index contributed by atoms with van der Waals surface area (Å²) in [5.41, 5.74) is 4.40.